The Morgan fingerprint density at radius 3 is 2.20 bits per heavy atom. The van der Waals surface area contributed by atoms with E-state index in [9.17, 15) is 27.2 Å². The molecule has 0 heterocycles. The Balaban J connectivity index is 2.53. The second-order valence-corrected chi connectivity index (χ2v) is 5.83. The van der Waals surface area contributed by atoms with Crippen molar-refractivity contribution in [1.29, 1.82) is 0 Å². The number of carbonyl (C=O) groups is 2. The minimum absolute atomic E-state index is 0.0500. The Kier molecular flexibility index (Phi) is 5.36. The van der Waals surface area contributed by atoms with Crippen LogP contribution in [0.3, 0.4) is 0 Å². The number of esters is 1. The van der Waals surface area contributed by atoms with Crippen LogP contribution in [0, 0.1) is 5.82 Å². The number of ether oxygens (including phenoxy) is 1. The first-order valence-electron chi connectivity index (χ1n) is 6.63. The van der Waals surface area contributed by atoms with E-state index in [1.54, 1.807) is 0 Å². The highest BCUT2D eigenvalue weighted by molar-refractivity contribution is 7.99. The van der Waals surface area contributed by atoms with E-state index in [-0.39, 0.29) is 20.9 Å². The van der Waals surface area contributed by atoms with Gasteiger partial charge in [0.2, 0.25) is 0 Å². The molecule has 0 saturated carbocycles. The first kappa shape index (κ1) is 18.8. The molecule has 2 rings (SSSR count). The molecule has 132 valence electrons. The second kappa shape index (κ2) is 7.14. The van der Waals surface area contributed by atoms with Gasteiger partial charge in [0.05, 0.1) is 23.8 Å². The number of alkyl halides is 3. The van der Waals surface area contributed by atoms with E-state index in [2.05, 4.69) is 4.74 Å². The molecule has 4 nitrogen and oxygen atoms in total. The first-order valence-corrected chi connectivity index (χ1v) is 7.45. The van der Waals surface area contributed by atoms with Gasteiger partial charge in [0.1, 0.15) is 5.82 Å². The van der Waals surface area contributed by atoms with E-state index in [0.29, 0.717) is 6.07 Å². The number of rotatable bonds is 4. The van der Waals surface area contributed by atoms with Crippen molar-refractivity contribution < 1.29 is 37.0 Å². The Morgan fingerprint density at radius 2 is 1.64 bits per heavy atom. The van der Waals surface area contributed by atoms with E-state index in [0.717, 1.165) is 43.1 Å². The highest BCUT2D eigenvalue weighted by Gasteiger charge is 2.32. The number of methoxy groups -OCH3 is 1. The van der Waals surface area contributed by atoms with Gasteiger partial charge in [-0.05, 0) is 36.4 Å². The lowest BCUT2D eigenvalue weighted by atomic mass is 10.1. The zero-order valence-electron chi connectivity index (χ0n) is 12.6. The molecular weight excluding hydrogens is 364 g/mol. The van der Waals surface area contributed by atoms with E-state index < -0.39 is 29.5 Å². The van der Waals surface area contributed by atoms with Gasteiger partial charge in [-0.15, -0.1) is 0 Å². The lowest BCUT2D eigenvalue weighted by Crippen LogP contribution is -2.10. The van der Waals surface area contributed by atoms with Crippen LogP contribution < -0.4 is 0 Å². The molecule has 0 amide bonds. The molecule has 0 aliphatic heterocycles. The average Bonchev–Trinajstić information content (AvgIpc) is 2.54. The minimum Gasteiger partial charge on any atom is -0.478 e. The van der Waals surface area contributed by atoms with Crippen molar-refractivity contribution in [2.24, 2.45) is 0 Å². The smallest absolute Gasteiger partial charge is 0.416 e. The van der Waals surface area contributed by atoms with Gasteiger partial charge >= 0.3 is 18.1 Å². The molecule has 0 unspecified atom stereocenters. The summed E-state index contributed by atoms with van der Waals surface area (Å²) >= 11 is 0.725. The van der Waals surface area contributed by atoms with Crippen LogP contribution in [-0.2, 0) is 10.9 Å². The molecule has 25 heavy (non-hydrogen) atoms. The van der Waals surface area contributed by atoms with Crippen LogP contribution in [0.5, 0.6) is 0 Å². The molecule has 0 aliphatic carbocycles. The van der Waals surface area contributed by atoms with Gasteiger partial charge < -0.3 is 9.84 Å². The molecule has 0 bridgehead atoms. The quantitative estimate of drug-likeness (QED) is 0.632. The molecule has 0 spiro atoms. The molecule has 9 heteroatoms. The number of hydrogen-bond donors (Lipinski definition) is 1. The molecular formula is C16H10F4O4S. The fourth-order valence-corrected chi connectivity index (χ4v) is 2.96. The van der Waals surface area contributed by atoms with Crippen LogP contribution >= 0.6 is 11.8 Å². The Labute approximate surface area is 143 Å². The zero-order chi connectivity index (χ0) is 18.8. The molecule has 0 atom stereocenters. The maximum absolute atomic E-state index is 13.2. The lowest BCUT2D eigenvalue weighted by molar-refractivity contribution is -0.137. The van der Waals surface area contributed by atoms with Crippen molar-refractivity contribution in [2.75, 3.05) is 7.11 Å². The average molecular weight is 374 g/mol. The van der Waals surface area contributed by atoms with E-state index >= 15 is 0 Å². The van der Waals surface area contributed by atoms with Crippen molar-refractivity contribution in [1.82, 2.24) is 0 Å². The first-order chi connectivity index (χ1) is 11.6. The maximum atomic E-state index is 13.2. The van der Waals surface area contributed by atoms with Crippen molar-refractivity contribution in [2.45, 2.75) is 16.0 Å². The summed E-state index contributed by atoms with van der Waals surface area (Å²) in [6.45, 7) is 0. The Morgan fingerprint density at radius 1 is 1.04 bits per heavy atom. The highest BCUT2D eigenvalue weighted by atomic mass is 32.2. The summed E-state index contributed by atoms with van der Waals surface area (Å²) in [5.41, 5.74) is -1.79. The third kappa shape index (κ3) is 4.30. The fraction of sp³-hybridized carbons (Fsp3) is 0.125. The van der Waals surface area contributed by atoms with Crippen LogP contribution in [0.4, 0.5) is 17.6 Å². The second-order valence-electron chi connectivity index (χ2n) is 4.75. The van der Waals surface area contributed by atoms with Gasteiger partial charge in [0.25, 0.3) is 0 Å². The summed E-state index contributed by atoms with van der Waals surface area (Å²) in [5.74, 6) is -3.19. The molecule has 0 radical (unpaired) electrons. The number of benzene rings is 2. The summed E-state index contributed by atoms with van der Waals surface area (Å²) < 4.78 is 56.2. The predicted octanol–water partition coefficient (Wildman–Crippen LogP) is 4.48. The molecule has 0 saturated heterocycles. The topological polar surface area (TPSA) is 63.6 Å². The van der Waals surface area contributed by atoms with Gasteiger partial charge in [0, 0.05) is 9.79 Å². The minimum atomic E-state index is -4.66. The van der Waals surface area contributed by atoms with E-state index in [1.165, 1.54) is 6.07 Å². The number of carbonyl (C=O) groups excluding carboxylic acids is 1. The van der Waals surface area contributed by atoms with E-state index in [1.807, 2.05) is 0 Å². The summed E-state index contributed by atoms with van der Waals surface area (Å²) in [6.07, 6.45) is -4.66. The third-order valence-electron chi connectivity index (χ3n) is 3.10. The lowest BCUT2D eigenvalue weighted by Gasteiger charge is -2.13. The standard InChI is InChI=1S/C16H10F4O4S/c1-24-15(23)11-6-8(16(18,19)20)2-4-13(11)25-12-5-3-9(17)7-10(12)14(21)22/h2-7H,1H3,(H,21,22). The summed E-state index contributed by atoms with van der Waals surface area (Å²) in [4.78, 5) is 23.1. The predicted molar refractivity (Wildman–Crippen MR) is 80.3 cm³/mol. The number of aromatic carboxylic acids is 1. The molecule has 2 aromatic carbocycles. The Hall–Kier alpha value is -2.55. The van der Waals surface area contributed by atoms with Crippen molar-refractivity contribution in [3.8, 4) is 0 Å². The van der Waals surface area contributed by atoms with Crippen molar-refractivity contribution in [3.63, 3.8) is 0 Å². The van der Waals surface area contributed by atoms with Crippen LogP contribution in [0.25, 0.3) is 0 Å². The fourth-order valence-electron chi connectivity index (χ4n) is 1.94. The van der Waals surface area contributed by atoms with Gasteiger partial charge in [-0.25, -0.2) is 14.0 Å². The number of hydrogen-bond acceptors (Lipinski definition) is 4. The van der Waals surface area contributed by atoms with Gasteiger partial charge in [-0.3, -0.25) is 0 Å². The van der Waals surface area contributed by atoms with Crippen LogP contribution in [-0.4, -0.2) is 24.2 Å². The largest absolute Gasteiger partial charge is 0.478 e. The van der Waals surface area contributed by atoms with Gasteiger partial charge in [-0.2, -0.15) is 13.2 Å². The molecule has 2 aromatic rings. The van der Waals surface area contributed by atoms with Crippen molar-refractivity contribution >= 4 is 23.7 Å². The summed E-state index contributed by atoms with van der Waals surface area (Å²) in [6, 6.07) is 5.39. The third-order valence-corrected chi connectivity index (χ3v) is 4.26. The van der Waals surface area contributed by atoms with Crippen LogP contribution in [0.1, 0.15) is 26.3 Å². The van der Waals surface area contributed by atoms with E-state index in [4.69, 9.17) is 5.11 Å². The normalized spacial score (nSPS) is 11.2. The SMILES string of the molecule is COC(=O)c1cc(C(F)(F)F)ccc1Sc1ccc(F)cc1C(=O)O. The molecule has 0 aromatic heterocycles. The van der Waals surface area contributed by atoms with Gasteiger partial charge in [-0.1, -0.05) is 11.8 Å². The monoisotopic (exact) mass is 374 g/mol. The summed E-state index contributed by atoms with van der Waals surface area (Å²) in [5, 5.41) is 9.12. The summed E-state index contributed by atoms with van der Waals surface area (Å²) in [7, 11) is 1.01. The number of carboxylic acid groups (broad SMARTS) is 1. The van der Waals surface area contributed by atoms with Gasteiger partial charge in [0.15, 0.2) is 0 Å². The molecule has 0 aliphatic rings. The Bertz CT molecular complexity index is 833. The molecule has 0 fully saturated rings. The van der Waals surface area contributed by atoms with Crippen molar-refractivity contribution in [3.05, 3.63) is 58.9 Å². The number of halogens is 4. The molecule has 1 N–H and O–H groups in total. The number of carboxylic acids is 1. The highest BCUT2D eigenvalue weighted by Crippen LogP contribution is 2.37. The van der Waals surface area contributed by atoms with Crippen LogP contribution in [0.2, 0.25) is 0 Å². The maximum Gasteiger partial charge on any atom is 0.416 e. The zero-order valence-corrected chi connectivity index (χ0v) is 13.4. The van der Waals surface area contributed by atoms with Crippen LogP contribution in [0.15, 0.2) is 46.2 Å².